The summed E-state index contributed by atoms with van der Waals surface area (Å²) >= 11 is 0. The lowest BCUT2D eigenvalue weighted by molar-refractivity contribution is -0.0115. The van der Waals surface area contributed by atoms with Crippen LogP contribution in [-0.4, -0.2) is 91.5 Å². The van der Waals surface area contributed by atoms with Crippen molar-refractivity contribution in [3.63, 3.8) is 0 Å². The fraction of sp³-hybridized carbons (Fsp3) is 0.432. The minimum Gasteiger partial charge on any atom is -0.497 e. The van der Waals surface area contributed by atoms with Crippen LogP contribution in [0, 0.1) is 5.92 Å². The Labute approximate surface area is 283 Å². The molecule has 3 aromatic rings. The maximum atomic E-state index is 14.4. The van der Waals surface area contributed by atoms with Crippen molar-refractivity contribution in [3.05, 3.63) is 83.9 Å². The van der Waals surface area contributed by atoms with E-state index in [1.54, 1.807) is 97.6 Å². The van der Waals surface area contributed by atoms with Crippen molar-refractivity contribution in [3.8, 4) is 11.5 Å². The number of hydrogen-bond acceptors (Lipinski definition) is 7. The number of carbonyl (C=O) groups excluding carboxylic acids is 3. The second-order valence-corrected chi connectivity index (χ2v) is 12.4. The van der Waals surface area contributed by atoms with Crippen LogP contribution >= 0.6 is 0 Å². The molecule has 0 spiro atoms. The van der Waals surface area contributed by atoms with E-state index in [9.17, 15) is 19.5 Å². The Morgan fingerprint density at radius 3 is 2.42 bits per heavy atom. The molecule has 3 aromatic carbocycles. The van der Waals surface area contributed by atoms with Gasteiger partial charge in [-0.2, -0.15) is 0 Å². The second kappa shape index (κ2) is 17.5. The molecule has 258 valence electrons. The quantitative estimate of drug-likeness (QED) is 0.274. The summed E-state index contributed by atoms with van der Waals surface area (Å²) in [6, 6.07) is 20.2. The van der Waals surface area contributed by atoms with Crippen molar-refractivity contribution in [2.45, 2.75) is 58.3 Å². The number of nitrogens with one attached hydrogen (secondary N) is 2. The number of ether oxygens (including phenoxy) is 3. The van der Waals surface area contributed by atoms with Gasteiger partial charge in [-0.15, -0.1) is 0 Å². The van der Waals surface area contributed by atoms with E-state index in [0.717, 1.165) is 19.3 Å². The van der Waals surface area contributed by atoms with Crippen molar-refractivity contribution in [1.29, 1.82) is 0 Å². The number of aliphatic hydroxyl groups excluding tert-OH is 1. The molecule has 4 amide bonds. The zero-order valence-electron chi connectivity index (χ0n) is 28.5. The molecule has 0 radical (unpaired) electrons. The molecule has 4 rings (SSSR count). The summed E-state index contributed by atoms with van der Waals surface area (Å²) in [6.45, 7) is 6.47. The molecule has 0 bridgehead atoms. The number of methoxy groups -OCH3 is 1. The van der Waals surface area contributed by atoms with Crippen molar-refractivity contribution in [1.82, 2.24) is 9.80 Å². The van der Waals surface area contributed by atoms with Crippen LogP contribution in [0.3, 0.4) is 0 Å². The number of rotatable bonds is 8. The third-order valence-corrected chi connectivity index (χ3v) is 8.49. The summed E-state index contributed by atoms with van der Waals surface area (Å²) in [5.41, 5.74) is 1.86. The van der Waals surface area contributed by atoms with Gasteiger partial charge in [0.1, 0.15) is 11.5 Å². The number of fused-ring (bicyclic) bond motifs is 1. The Morgan fingerprint density at radius 2 is 1.73 bits per heavy atom. The molecule has 0 fully saturated rings. The lowest BCUT2D eigenvalue weighted by Gasteiger charge is -2.35. The predicted octanol–water partition coefficient (Wildman–Crippen LogP) is 5.91. The molecule has 4 atom stereocenters. The Bertz CT molecular complexity index is 1500. The molecule has 0 aliphatic carbocycles. The Kier molecular flexibility index (Phi) is 13.2. The van der Waals surface area contributed by atoms with Gasteiger partial charge in [-0.3, -0.25) is 9.59 Å². The van der Waals surface area contributed by atoms with Gasteiger partial charge in [-0.1, -0.05) is 25.1 Å². The average molecular weight is 661 g/mol. The number of benzene rings is 3. The van der Waals surface area contributed by atoms with Crippen molar-refractivity contribution in [2.75, 3.05) is 51.1 Å². The molecule has 0 saturated carbocycles. The van der Waals surface area contributed by atoms with E-state index in [2.05, 4.69) is 10.6 Å². The lowest BCUT2D eigenvalue weighted by Crippen LogP contribution is -2.48. The number of carbonyl (C=O) groups is 3. The monoisotopic (exact) mass is 660 g/mol. The molecular formula is C37H48N4O7. The minimum atomic E-state index is -0.530. The first-order valence-corrected chi connectivity index (χ1v) is 16.5. The van der Waals surface area contributed by atoms with Crippen molar-refractivity contribution < 1.29 is 33.7 Å². The first kappa shape index (κ1) is 36.2. The van der Waals surface area contributed by atoms with Gasteiger partial charge >= 0.3 is 6.03 Å². The van der Waals surface area contributed by atoms with E-state index in [-0.39, 0.29) is 55.1 Å². The topological polar surface area (TPSA) is 130 Å². The summed E-state index contributed by atoms with van der Waals surface area (Å²) in [6.07, 6.45) is 1.80. The summed E-state index contributed by atoms with van der Waals surface area (Å²) < 4.78 is 17.9. The van der Waals surface area contributed by atoms with Crippen LogP contribution in [0.4, 0.5) is 16.2 Å². The summed E-state index contributed by atoms with van der Waals surface area (Å²) in [5.74, 6) is 0.241. The zero-order valence-corrected chi connectivity index (χ0v) is 28.5. The van der Waals surface area contributed by atoms with E-state index in [4.69, 9.17) is 14.2 Å². The highest BCUT2D eigenvalue weighted by molar-refractivity contribution is 6.05. The number of anilines is 2. The largest absolute Gasteiger partial charge is 0.497 e. The van der Waals surface area contributed by atoms with Gasteiger partial charge in [-0.25, -0.2) is 4.79 Å². The van der Waals surface area contributed by atoms with Gasteiger partial charge < -0.3 is 39.8 Å². The molecule has 0 aromatic heterocycles. The highest BCUT2D eigenvalue weighted by Gasteiger charge is 2.31. The number of nitrogens with zero attached hydrogens (tertiary/aromatic N) is 2. The standard InChI is InChI=1S/C37H48N4O7/c1-25-22-41(26(2)24-42)36(44)32-21-30(38-35(43)28-12-7-6-8-13-28)16-19-33(32)48-27(3)11-9-10-20-47-34(25)23-40(4)37(45)39-29-14-17-31(46-5)18-15-29/h6-8,12-19,21,25-27,34,42H,9-11,20,22-24H2,1-5H3,(H,38,43)(H,39,45)/t25-,26-,27-,34+/m1/s1. The molecule has 1 heterocycles. The number of amides is 4. The van der Waals surface area contributed by atoms with Gasteiger partial charge in [0, 0.05) is 49.6 Å². The minimum absolute atomic E-state index is 0.185. The van der Waals surface area contributed by atoms with Crippen LogP contribution in [0.5, 0.6) is 11.5 Å². The highest BCUT2D eigenvalue weighted by atomic mass is 16.5. The zero-order chi connectivity index (χ0) is 34.6. The molecule has 0 unspecified atom stereocenters. The Balaban J connectivity index is 1.58. The highest BCUT2D eigenvalue weighted by Crippen LogP contribution is 2.29. The molecule has 1 aliphatic heterocycles. The number of aliphatic hydroxyl groups is 1. The van der Waals surface area contributed by atoms with Gasteiger partial charge in [0.2, 0.25) is 0 Å². The number of hydrogen-bond donors (Lipinski definition) is 3. The third-order valence-electron chi connectivity index (χ3n) is 8.49. The fourth-order valence-corrected chi connectivity index (χ4v) is 5.50. The van der Waals surface area contributed by atoms with Crippen LogP contribution in [-0.2, 0) is 4.74 Å². The van der Waals surface area contributed by atoms with Crippen LogP contribution < -0.4 is 20.1 Å². The van der Waals surface area contributed by atoms with Crippen LogP contribution in [0.15, 0.2) is 72.8 Å². The summed E-state index contributed by atoms with van der Waals surface area (Å²) in [4.78, 5) is 43.6. The van der Waals surface area contributed by atoms with E-state index >= 15 is 0 Å². The van der Waals surface area contributed by atoms with Crippen LogP contribution in [0.25, 0.3) is 0 Å². The number of urea groups is 1. The Morgan fingerprint density at radius 1 is 1.02 bits per heavy atom. The van der Waals surface area contributed by atoms with Gasteiger partial charge in [0.05, 0.1) is 37.5 Å². The molecule has 3 N–H and O–H groups in total. The summed E-state index contributed by atoms with van der Waals surface area (Å²) in [5, 5.41) is 16.0. The molecular weight excluding hydrogens is 612 g/mol. The van der Waals surface area contributed by atoms with Crippen LogP contribution in [0.1, 0.15) is 60.7 Å². The smallest absolute Gasteiger partial charge is 0.321 e. The van der Waals surface area contributed by atoms with Crippen molar-refractivity contribution in [2.24, 2.45) is 5.92 Å². The molecule has 48 heavy (non-hydrogen) atoms. The molecule has 1 aliphatic rings. The third kappa shape index (κ3) is 9.95. The van der Waals surface area contributed by atoms with E-state index in [0.29, 0.717) is 35.0 Å². The SMILES string of the molecule is COc1ccc(NC(=O)N(C)C[C@@H]2OCCCC[C@@H](C)Oc3ccc(NC(=O)c4ccccc4)cc3C(=O)N([C@H](C)CO)C[C@H]2C)cc1. The van der Waals surface area contributed by atoms with Gasteiger partial charge in [-0.05, 0) is 87.7 Å². The van der Waals surface area contributed by atoms with Gasteiger partial charge in [0.15, 0.2) is 0 Å². The molecule has 11 heteroatoms. The van der Waals surface area contributed by atoms with Gasteiger partial charge in [0.25, 0.3) is 11.8 Å². The lowest BCUT2D eigenvalue weighted by atomic mass is 10.0. The van der Waals surface area contributed by atoms with E-state index in [1.807, 2.05) is 19.9 Å². The average Bonchev–Trinajstić information content (AvgIpc) is 3.10. The normalized spacial score (nSPS) is 19.6. The molecule has 0 saturated heterocycles. The van der Waals surface area contributed by atoms with E-state index in [1.165, 1.54) is 0 Å². The first-order valence-electron chi connectivity index (χ1n) is 16.5. The maximum absolute atomic E-state index is 14.4. The number of likely N-dealkylation sites (N-methyl/N-ethyl adjacent to an activating group) is 1. The first-order chi connectivity index (χ1) is 23.1. The summed E-state index contributed by atoms with van der Waals surface area (Å²) in [7, 11) is 3.29. The van der Waals surface area contributed by atoms with Crippen LogP contribution in [0.2, 0.25) is 0 Å². The van der Waals surface area contributed by atoms with E-state index < -0.39 is 12.1 Å². The maximum Gasteiger partial charge on any atom is 0.321 e. The fourth-order valence-electron chi connectivity index (χ4n) is 5.50. The second-order valence-electron chi connectivity index (χ2n) is 12.4. The Hall–Kier alpha value is -4.61. The predicted molar refractivity (Wildman–Crippen MR) is 186 cm³/mol. The molecule has 11 nitrogen and oxygen atoms in total. The van der Waals surface area contributed by atoms with Crippen molar-refractivity contribution >= 4 is 29.2 Å².